The fourth-order valence-electron chi connectivity index (χ4n) is 0.853. The smallest absolute Gasteiger partial charge is 0.157 e. The van der Waals surface area contributed by atoms with Crippen molar-refractivity contribution >= 4 is 11.8 Å². The second-order valence-electron chi connectivity index (χ2n) is 3.19. The van der Waals surface area contributed by atoms with Gasteiger partial charge in [0.1, 0.15) is 0 Å². The normalized spacial score (nSPS) is 12.5. The summed E-state index contributed by atoms with van der Waals surface area (Å²) in [4.78, 5) is 0. The molecule has 0 bridgehead atoms. The third-order valence-corrected chi connectivity index (χ3v) is 2.51. The molecule has 4 heteroatoms. The van der Waals surface area contributed by atoms with Crippen molar-refractivity contribution in [2.45, 2.75) is 19.2 Å². The number of hydrogen-bond donors (Lipinski definition) is 1. The topological polar surface area (TPSA) is 59.6 Å². The summed E-state index contributed by atoms with van der Waals surface area (Å²) in [6, 6.07) is 3.96. The van der Waals surface area contributed by atoms with E-state index in [1.807, 2.05) is 18.4 Å². The average Bonchev–Trinajstić information content (AvgIpc) is 2.11. The van der Waals surface area contributed by atoms with Gasteiger partial charge in [-0.25, -0.2) is 0 Å². The number of rotatable bonds is 5. The van der Waals surface area contributed by atoms with Gasteiger partial charge in [0.2, 0.25) is 0 Å². The molecule has 0 saturated carbocycles. The first-order chi connectivity index (χ1) is 6.15. The maximum Gasteiger partial charge on any atom is 0.157 e. The largest absolute Gasteiger partial charge is 0.303 e. The van der Waals surface area contributed by atoms with Crippen LogP contribution >= 0.6 is 11.8 Å². The van der Waals surface area contributed by atoms with E-state index in [9.17, 15) is 0 Å². The van der Waals surface area contributed by atoms with Gasteiger partial charge in [-0.2, -0.15) is 10.5 Å². The lowest BCUT2D eigenvalue weighted by atomic mass is 10.1. The molecule has 1 atom stereocenters. The van der Waals surface area contributed by atoms with Crippen LogP contribution in [0, 0.1) is 34.5 Å². The number of thioether (sulfide) groups is 1. The molecule has 0 amide bonds. The van der Waals surface area contributed by atoms with Crippen molar-refractivity contribution in [3.63, 3.8) is 0 Å². The highest BCUT2D eigenvalue weighted by Crippen LogP contribution is 2.13. The third-order valence-electron chi connectivity index (χ3n) is 1.56. The summed E-state index contributed by atoms with van der Waals surface area (Å²) >= 11 is 1.51. The molecule has 0 aromatic carbocycles. The van der Waals surface area contributed by atoms with E-state index in [2.05, 4.69) is 19.2 Å². The minimum Gasteiger partial charge on any atom is -0.303 e. The Kier molecular flexibility index (Phi) is 6.40. The van der Waals surface area contributed by atoms with E-state index in [1.165, 1.54) is 11.8 Å². The molecule has 13 heavy (non-hydrogen) atoms. The molecule has 0 aromatic rings. The molecule has 0 aromatic heterocycles. The predicted molar refractivity (Wildman–Crippen MR) is 54.9 cm³/mol. The van der Waals surface area contributed by atoms with Gasteiger partial charge in [0.05, 0.1) is 17.5 Å². The minimum absolute atomic E-state index is 0.0719. The first kappa shape index (κ1) is 12.3. The fraction of sp³-hybridized carbons (Fsp3) is 0.778. The lowest BCUT2D eigenvalue weighted by molar-refractivity contribution is 0.516. The Morgan fingerprint density at radius 3 is 2.15 bits per heavy atom. The molecule has 1 N–H and O–H groups in total. The SMILES string of the molecule is CSC(NCC(C)C)C(C#N)C#N. The van der Waals surface area contributed by atoms with E-state index in [-0.39, 0.29) is 5.37 Å². The summed E-state index contributed by atoms with van der Waals surface area (Å²) in [5.74, 6) is -0.0264. The van der Waals surface area contributed by atoms with Crippen molar-refractivity contribution in [2.24, 2.45) is 11.8 Å². The number of nitrogens with zero attached hydrogens (tertiary/aromatic N) is 2. The quantitative estimate of drug-likeness (QED) is 0.680. The van der Waals surface area contributed by atoms with E-state index < -0.39 is 5.92 Å². The average molecular weight is 197 g/mol. The summed E-state index contributed by atoms with van der Waals surface area (Å²) in [7, 11) is 0. The highest BCUT2D eigenvalue weighted by Gasteiger charge is 2.19. The van der Waals surface area contributed by atoms with Crippen LogP contribution in [0.1, 0.15) is 13.8 Å². The van der Waals surface area contributed by atoms with Crippen molar-refractivity contribution in [1.29, 1.82) is 10.5 Å². The monoisotopic (exact) mass is 197 g/mol. The van der Waals surface area contributed by atoms with Crippen LogP contribution in [-0.2, 0) is 0 Å². The molecule has 72 valence electrons. The molecule has 0 radical (unpaired) electrons. The van der Waals surface area contributed by atoms with Crippen molar-refractivity contribution < 1.29 is 0 Å². The molecule has 0 heterocycles. The second kappa shape index (κ2) is 6.77. The lowest BCUT2D eigenvalue weighted by Crippen LogP contribution is -2.34. The lowest BCUT2D eigenvalue weighted by Gasteiger charge is -2.17. The molecule has 0 rings (SSSR count). The van der Waals surface area contributed by atoms with Gasteiger partial charge in [-0.1, -0.05) is 13.8 Å². The Balaban J connectivity index is 4.04. The molecule has 0 saturated heterocycles. The van der Waals surface area contributed by atoms with E-state index in [0.29, 0.717) is 5.92 Å². The maximum atomic E-state index is 8.67. The van der Waals surface area contributed by atoms with Crippen LogP contribution in [0.25, 0.3) is 0 Å². The van der Waals surface area contributed by atoms with E-state index >= 15 is 0 Å². The minimum atomic E-state index is -0.561. The van der Waals surface area contributed by atoms with Gasteiger partial charge < -0.3 is 5.32 Å². The molecule has 3 nitrogen and oxygen atoms in total. The molecule has 0 aliphatic carbocycles. The maximum absolute atomic E-state index is 8.67. The van der Waals surface area contributed by atoms with Crippen LogP contribution < -0.4 is 5.32 Å². The van der Waals surface area contributed by atoms with Crippen molar-refractivity contribution in [3.8, 4) is 12.1 Å². The number of nitriles is 2. The molecule has 1 unspecified atom stereocenters. The number of hydrogen-bond acceptors (Lipinski definition) is 4. The van der Waals surface area contributed by atoms with Gasteiger partial charge >= 0.3 is 0 Å². The molecule has 0 aliphatic heterocycles. The Hall–Kier alpha value is -0.710. The highest BCUT2D eigenvalue weighted by atomic mass is 32.2. The summed E-state index contributed by atoms with van der Waals surface area (Å²) in [6.07, 6.45) is 1.90. The van der Waals surface area contributed by atoms with Crippen LogP contribution in [0.5, 0.6) is 0 Å². The van der Waals surface area contributed by atoms with Gasteiger partial charge in [-0.05, 0) is 18.7 Å². The summed E-state index contributed by atoms with van der Waals surface area (Å²) in [5, 5.41) is 20.5. The zero-order valence-electron chi connectivity index (χ0n) is 8.24. The van der Waals surface area contributed by atoms with Crippen LogP contribution in [0.4, 0.5) is 0 Å². The van der Waals surface area contributed by atoms with E-state index in [4.69, 9.17) is 10.5 Å². The van der Waals surface area contributed by atoms with Crippen molar-refractivity contribution in [2.75, 3.05) is 12.8 Å². The summed E-state index contributed by atoms with van der Waals surface area (Å²) in [5.41, 5.74) is 0. The standard InChI is InChI=1S/C9H15N3S/c1-7(2)6-12-9(13-3)8(4-10)5-11/h7-9,12H,6H2,1-3H3. The third kappa shape index (κ3) is 4.77. The molecular formula is C9H15N3S. The van der Waals surface area contributed by atoms with Crippen LogP contribution in [0.15, 0.2) is 0 Å². The highest BCUT2D eigenvalue weighted by molar-refractivity contribution is 7.99. The Morgan fingerprint density at radius 1 is 1.31 bits per heavy atom. The second-order valence-corrected chi connectivity index (χ2v) is 4.17. The van der Waals surface area contributed by atoms with Gasteiger partial charge in [0, 0.05) is 0 Å². The molecule has 0 spiro atoms. The molecular weight excluding hydrogens is 182 g/mol. The van der Waals surface area contributed by atoms with Gasteiger partial charge in [-0.15, -0.1) is 11.8 Å². The van der Waals surface area contributed by atoms with Gasteiger partial charge in [0.25, 0.3) is 0 Å². The first-order valence-electron chi connectivity index (χ1n) is 4.21. The van der Waals surface area contributed by atoms with Crippen LogP contribution in [0.2, 0.25) is 0 Å². The van der Waals surface area contributed by atoms with Crippen molar-refractivity contribution in [3.05, 3.63) is 0 Å². The molecule has 0 fully saturated rings. The summed E-state index contributed by atoms with van der Waals surface area (Å²) < 4.78 is 0. The predicted octanol–water partition coefficient (Wildman–Crippen LogP) is 1.58. The number of nitrogens with one attached hydrogen (secondary N) is 1. The fourth-order valence-corrected chi connectivity index (χ4v) is 1.51. The zero-order chi connectivity index (χ0) is 10.3. The Labute approximate surface area is 84.1 Å². The van der Waals surface area contributed by atoms with Crippen LogP contribution in [0.3, 0.4) is 0 Å². The summed E-state index contributed by atoms with van der Waals surface area (Å²) in [6.45, 7) is 5.03. The van der Waals surface area contributed by atoms with Crippen molar-refractivity contribution in [1.82, 2.24) is 5.32 Å². The van der Waals surface area contributed by atoms with Crippen LogP contribution in [-0.4, -0.2) is 18.2 Å². The van der Waals surface area contributed by atoms with Gasteiger partial charge in [-0.3, -0.25) is 0 Å². The van der Waals surface area contributed by atoms with E-state index in [1.54, 1.807) is 0 Å². The van der Waals surface area contributed by atoms with Gasteiger partial charge in [0.15, 0.2) is 5.92 Å². The Morgan fingerprint density at radius 2 is 1.85 bits per heavy atom. The first-order valence-corrected chi connectivity index (χ1v) is 5.49. The van der Waals surface area contributed by atoms with E-state index in [0.717, 1.165) is 6.54 Å². The zero-order valence-corrected chi connectivity index (χ0v) is 9.06. The molecule has 0 aliphatic rings. The Bertz CT molecular complexity index is 200.